The van der Waals surface area contributed by atoms with Gasteiger partial charge >= 0.3 is 0 Å². The summed E-state index contributed by atoms with van der Waals surface area (Å²) in [6.45, 7) is 10.6. The highest BCUT2D eigenvalue weighted by Crippen LogP contribution is 2.44. The van der Waals surface area contributed by atoms with E-state index in [-0.39, 0.29) is 47.2 Å². The lowest BCUT2D eigenvalue weighted by atomic mass is 9.79. The smallest absolute Gasteiger partial charge is 0.297 e. The molecule has 7 nitrogen and oxygen atoms in total. The maximum atomic E-state index is 12.6. The maximum absolute atomic E-state index is 12.6. The van der Waals surface area contributed by atoms with Gasteiger partial charge in [0, 0.05) is 19.1 Å². The Morgan fingerprint density at radius 1 is 1.05 bits per heavy atom. The third-order valence-corrected chi connectivity index (χ3v) is 8.95. The van der Waals surface area contributed by atoms with Gasteiger partial charge in [0.1, 0.15) is 0 Å². The number of aromatic hydroxyl groups is 2. The molecule has 0 radical (unpaired) electrons. The summed E-state index contributed by atoms with van der Waals surface area (Å²) in [6, 6.07) is 10.1. The largest absolute Gasteiger partial charge is 0.504 e. The summed E-state index contributed by atoms with van der Waals surface area (Å²) in [6.07, 6.45) is 4.83. The standard InChI is InChI=1S/C29H41NO6S/c1-20-7-9-23(10-8-20)37(33,34)36-15-14-35-28-18-25-24-17-27(32)26(31)16-21(24)11-13-30(25)19-22(28)6-5-12-29(2,3)4/h7-10,16-17,22,25,28,31-32H,5-6,11-15,18-19H2,1-4H3/t22-,25-,28-/m1/s1. The number of phenols is 2. The van der Waals surface area contributed by atoms with Crippen LogP contribution in [0.4, 0.5) is 0 Å². The first-order chi connectivity index (χ1) is 17.4. The maximum Gasteiger partial charge on any atom is 0.297 e. The molecule has 2 heterocycles. The topological polar surface area (TPSA) is 96.3 Å². The highest BCUT2D eigenvalue weighted by atomic mass is 32.2. The number of hydrogen-bond donors (Lipinski definition) is 2. The Morgan fingerprint density at radius 2 is 1.76 bits per heavy atom. The third-order valence-electron chi connectivity index (χ3n) is 7.62. The van der Waals surface area contributed by atoms with E-state index in [2.05, 4.69) is 25.7 Å². The molecule has 0 aromatic heterocycles. The number of phenolic OH excluding ortho intramolecular Hbond substituents is 2. The van der Waals surface area contributed by atoms with Crippen molar-refractivity contribution in [3.8, 4) is 11.5 Å². The van der Waals surface area contributed by atoms with E-state index in [0.29, 0.717) is 5.92 Å². The molecule has 0 spiro atoms. The van der Waals surface area contributed by atoms with Crippen molar-refractivity contribution in [1.29, 1.82) is 0 Å². The average Bonchev–Trinajstić information content (AvgIpc) is 2.82. The van der Waals surface area contributed by atoms with E-state index in [4.69, 9.17) is 8.92 Å². The number of ether oxygens (including phenoxy) is 1. The molecular weight excluding hydrogens is 490 g/mol. The molecule has 0 amide bonds. The van der Waals surface area contributed by atoms with Crippen LogP contribution >= 0.6 is 0 Å². The number of nitrogens with zero attached hydrogens (tertiary/aromatic N) is 1. The molecule has 0 bridgehead atoms. The monoisotopic (exact) mass is 531 g/mol. The zero-order valence-electron chi connectivity index (χ0n) is 22.4. The van der Waals surface area contributed by atoms with Crippen molar-refractivity contribution < 1.29 is 27.6 Å². The number of hydrogen-bond acceptors (Lipinski definition) is 7. The lowest BCUT2D eigenvalue weighted by Crippen LogP contribution is -2.49. The second-order valence-corrected chi connectivity index (χ2v) is 13.4. The molecule has 8 heteroatoms. The van der Waals surface area contributed by atoms with Crippen LogP contribution in [0.5, 0.6) is 11.5 Å². The van der Waals surface area contributed by atoms with Crippen LogP contribution in [0.15, 0.2) is 41.3 Å². The Bertz CT molecular complexity index is 1170. The Labute approximate surface area is 221 Å². The molecule has 1 fully saturated rings. The van der Waals surface area contributed by atoms with Crippen LogP contribution < -0.4 is 0 Å². The second kappa shape index (κ2) is 11.3. The first kappa shape index (κ1) is 27.9. The van der Waals surface area contributed by atoms with Crippen LogP contribution in [0, 0.1) is 18.3 Å². The first-order valence-corrected chi connectivity index (χ1v) is 14.7. The van der Waals surface area contributed by atoms with Crippen LogP contribution in [-0.2, 0) is 25.5 Å². The minimum atomic E-state index is -3.83. The van der Waals surface area contributed by atoms with Crippen LogP contribution in [0.1, 0.15) is 69.2 Å². The van der Waals surface area contributed by atoms with Gasteiger partial charge in [0.15, 0.2) is 11.5 Å². The molecule has 2 aliphatic rings. The summed E-state index contributed by atoms with van der Waals surface area (Å²) in [5, 5.41) is 20.1. The van der Waals surface area contributed by atoms with Gasteiger partial charge in [0.05, 0.1) is 24.2 Å². The molecule has 204 valence electrons. The van der Waals surface area contributed by atoms with Gasteiger partial charge in [-0.05, 0) is 79.3 Å². The van der Waals surface area contributed by atoms with E-state index in [1.54, 1.807) is 36.4 Å². The molecule has 37 heavy (non-hydrogen) atoms. The Morgan fingerprint density at radius 3 is 2.46 bits per heavy atom. The SMILES string of the molecule is Cc1ccc(S(=O)(=O)OCCO[C@@H]2C[C@@H]3c4cc(O)c(O)cc4CCN3C[C@H]2CCCC(C)(C)C)cc1. The Kier molecular flexibility index (Phi) is 8.53. The van der Waals surface area contributed by atoms with Crippen LogP contribution in [0.25, 0.3) is 0 Å². The molecular formula is C29H41NO6S. The van der Waals surface area contributed by atoms with Gasteiger partial charge in [0.25, 0.3) is 10.1 Å². The predicted molar refractivity (Wildman–Crippen MR) is 143 cm³/mol. The second-order valence-electron chi connectivity index (χ2n) is 11.7. The summed E-state index contributed by atoms with van der Waals surface area (Å²) in [7, 11) is -3.83. The normalized spacial score (nSPS) is 22.4. The Balaban J connectivity index is 1.43. The van der Waals surface area contributed by atoms with E-state index in [1.165, 1.54) is 0 Å². The first-order valence-electron chi connectivity index (χ1n) is 13.3. The summed E-state index contributed by atoms with van der Waals surface area (Å²) in [5.41, 5.74) is 3.37. The highest BCUT2D eigenvalue weighted by Gasteiger charge is 2.39. The van der Waals surface area contributed by atoms with Gasteiger partial charge in [-0.2, -0.15) is 8.42 Å². The number of benzene rings is 2. The number of piperidine rings is 1. The minimum Gasteiger partial charge on any atom is -0.504 e. The quantitative estimate of drug-likeness (QED) is 0.256. The van der Waals surface area contributed by atoms with E-state index in [9.17, 15) is 18.6 Å². The zero-order chi connectivity index (χ0) is 26.8. The molecule has 0 aliphatic carbocycles. The van der Waals surface area contributed by atoms with Gasteiger partial charge < -0.3 is 14.9 Å². The molecule has 1 saturated heterocycles. The van der Waals surface area contributed by atoms with Crippen molar-refractivity contribution in [2.45, 2.75) is 76.8 Å². The highest BCUT2D eigenvalue weighted by molar-refractivity contribution is 7.86. The van der Waals surface area contributed by atoms with Crippen molar-refractivity contribution >= 4 is 10.1 Å². The van der Waals surface area contributed by atoms with Crippen LogP contribution in [0.3, 0.4) is 0 Å². The summed E-state index contributed by atoms with van der Waals surface area (Å²) in [4.78, 5) is 2.62. The van der Waals surface area contributed by atoms with Gasteiger partial charge in [-0.1, -0.05) is 44.9 Å². The molecule has 4 rings (SSSR count). The zero-order valence-corrected chi connectivity index (χ0v) is 23.3. The number of rotatable bonds is 9. The minimum absolute atomic E-state index is 0.0406. The summed E-state index contributed by atoms with van der Waals surface area (Å²) >= 11 is 0. The fourth-order valence-corrected chi connectivity index (χ4v) is 6.49. The van der Waals surface area contributed by atoms with Crippen molar-refractivity contribution in [1.82, 2.24) is 4.90 Å². The van der Waals surface area contributed by atoms with Gasteiger partial charge in [-0.15, -0.1) is 0 Å². The van der Waals surface area contributed by atoms with Crippen molar-refractivity contribution in [2.24, 2.45) is 11.3 Å². The molecule has 0 saturated carbocycles. The van der Waals surface area contributed by atoms with E-state index in [0.717, 1.165) is 61.9 Å². The predicted octanol–water partition coefficient (Wildman–Crippen LogP) is 5.33. The molecule has 2 aromatic rings. The van der Waals surface area contributed by atoms with Crippen LogP contribution in [-0.4, -0.2) is 55.9 Å². The molecule has 2 aliphatic heterocycles. The van der Waals surface area contributed by atoms with E-state index >= 15 is 0 Å². The van der Waals surface area contributed by atoms with Gasteiger partial charge in [-0.25, -0.2) is 0 Å². The van der Waals surface area contributed by atoms with E-state index < -0.39 is 10.1 Å². The molecule has 0 unspecified atom stereocenters. The number of fused-ring (bicyclic) bond motifs is 3. The summed E-state index contributed by atoms with van der Waals surface area (Å²) in [5.74, 6) is 0.155. The van der Waals surface area contributed by atoms with Crippen molar-refractivity contribution in [2.75, 3.05) is 26.3 Å². The molecule has 3 atom stereocenters. The fourth-order valence-electron chi connectivity index (χ4n) is 5.60. The van der Waals surface area contributed by atoms with Crippen molar-refractivity contribution in [3.63, 3.8) is 0 Å². The molecule has 2 N–H and O–H groups in total. The fraction of sp³-hybridized carbons (Fsp3) is 0.586. The Hall–Kier alpha value is -2.13. The van der Waals surface area contributed by atoms with Gasteiger partial charge in [0.2, 0.25) is 0 Å². The van der Waals surface area contributed by atoms with Crippen LogP contribution in [0.2, 0.25) is 0 Å². The third kappa shape index (κ3) is 7.05. The van der Waals surface area contributed by atoms with E-state index in [1.807, 2.05) is 6.92 Å². The molecule has 2 aromatic carbocycles. The average molecular weight is 532 g/mol. The lowest BCUT2D eigenvalue weighted by Gasteiger charge is -2.47. The van der Waals surface area contributed by atoms with Crippen molar-refractivity contribution in [3.05, 3.63) is 53.1 Å². The van der Waals surface area contributed by atoms with Gasteiger partial charge in [-0.3, -0.25) is 9.08 Å². The summed E-state index contributed by atoms with van der Waals surface area (Å²) < 4.78 is 36.7. The lowest BCUT2D eigenvalue weighted by molar-refractivity contribution is -0.0673. The number of aryl methyl sites for hydroxylation is 1.